The lowest BCUT2D eigenvalue weighted by atomic mass is 10.1. The fourth-order valence-corrected chi connectivity index (χ4v) is 5.33. The molecule has 1 amide bonds. The number of ether oxygens (including phenoxy) is 2. The minimum absolute atomic E-state index is 0.182. The highest BCUT2D eigenvalue weighted by molar-refractivity contribution is 7.09. The average Bonchev–Trinajstić information content (AvgIpc) is 3.36. The van der Waals surface area contributed by atoms with Gasteiger partial charge >= 0.3 is 0 Å². The Morgan fingerprint density at radius 3 is 2.10 bits per heavy atom. The molecule has 1 heterocycles. The molecular formula is C33H47N2O3S+. The SMILES string of the molecule is CCCCCCCCCCCCCCOc1cc(OC)ccc1C(=O)Nc1ccc(C[n+]2csc(C)c2)cc1. The summed E-state index contributed by atoms with van der Waals surface area (Å²) in [5.74, 6) is 1.07. The van der Waals surface area contributed by atoms with Crippen molar-refractivity contribution in [1.29, 1.82) is 0 Å². The van der Waals surface area contributed by atoms with E-state index in [-0.39, 0.29) is 5.91 Å². The van der Waals surface area contributed by atoms with Crippen LogP contribution >= 0.6 is 11.3 Å². The van der Waals surface area contributed by atoms with Crippen LogP contribution in [0, 0.1) is 6.92 Å². The van der Waals surface area contributed by atoms with Crippen molar-refractivity contribution in [3.8, 4) is 11.5 Å². The first-order valence-corrected chi connectivity index (χ1v) is 15.6. The molecule has 212 valence electrons. The van der Waals surface area contributed by atoms with Crippen LogP contribution in [0.1, 0.15) is 105 Å². The Labute approximate surface area is 239 Å². The molecule has 0 bridgehead atoms. The molecule has 0 saturated carbocycles. The van der Waals surface area contributed by atoms with E-state index in [0.29, 0.717) is 23.7 Å². The first kappa shape index (κ1) is 30.7. The number of carbonyl (C=O) groups excluding carboxylic acids is 1. The number of rotatable bonds is 19. The van der Waals surface area contributed by atoms with Crippen LogP contribution in [0.4, 0.5) is 5.69 Å². The van der Waals surface area contributed by atoms with Crippen molar-refractivity contribution >= 4 is 22.9 Å². The molecule has 0 aliphatic heterocycles. The monoisotopic (exact) mass is 551 g/mol. The predicted molar refractivity (Wildman–Crippen MR) is 162 cm³/mol. The van der Waals surface area contributed by atoms with Gasteiger partial charge in [-0.2, -0.15) is 4.57 Å². The topological polar surface area (TPSA) is 51.4 Å². The summed E-state index contributed by atoms with van der Waals surface area (Å²) in [6, 6.07) is 13.4. The zero-order chi connectivity index (χ0) is 27.7. The maximum atomic E-state index is 13.1. The molecule has 39 heavy (non-hydrogen) atoms. The summed E-state index contributed by atoms with van der Waals surface area (Å²) in [4.78, 5) is 14.4. The van der Waals surface area contributed by atoms with Crippen molar-refractivity contribution in [2.24, 2.45) is 0 Å². The number of methoxy groups -OCH3 is 1. The maximum absolute atomic E-state index is 13.1. The number of nitrogens with one attached hydrogen (secondary N) is 1. The van der Waals surface area contributed by atoms with Crippen molar-refractivity contribution in [2.75, 3.05) is 19.0 Å². The summed E-state index contributed by atoms with van der Waals surface area (Å²) >= 11 is 1.74. The molecule has 5 nitrogen and oxygen atoms in total. The van der Waals surface area contributed by atoms with Crippen molar-refractivity contribution in [3.63, 3.8) is 0 Å². The number of amides is 1. The van der Waals surface area contributed by atoms with E-state index in [0.717, 1.165) is 25.1 Å². The summed E-state index contributed by atoms with van der Waals surface area (Å²) in [6.07, 6.45) is 17.8. The number of nitrogens with zero attached hydrogens (tertiary/aromatic N) is 1. The molecule has 0 aliphatic carbocycles. The first-order chi connectivity index (χ1) is 19.1. The number of unbranched alkanes of at least 4 members (excludes halogenated alkanes) is 11. The van der Waals surface area contributed by atoms with Gasteiger partial charge in [0.15, 0.2) is 12.7 Å². The molecule has 0 radical (unpaired) electrons. The highest BCUT2D eigenvalue weighted by Gasteiger charge is 2.15. The van der Waals surface area contributed by atoms with Gasteiger partial charge in [0.25, 0.3) is 5.91 Å². The van der Waals surface area contributed by atoms with E-state index in [9.17, 15) is 4.79 Å². The van der Waals surface area contributed by atoms with E-state index in [2.05, 4.69) is 47.6 Å². The minimum atomic E-state index is -0.182. The highest BCUT2D eigenvalue weighted by atomic mass is 32.1. The largest absolute Gasteiger partial charge is 0.497 e. The molecule has 0 atom stereocenters. The second-order valence-electron chi connectivity index (χ2n) is 10.4. The van der Waals surface area contributed by atoms with Crippen molar-refractivity contribution in [1.82, 2.24) is 0 Å². The van der Waals surface area contributed by atoms with E-state index in [4.69, 9.17) is 9.47 Å². The minimum Gasteiger partial charge on any atom is -0.497 e. The summed E-state index contributed by atoms with van der Waals surface area (Å²) in [5.41, 5.74) is 4.58. The molecule has 0 aliphatic rings. The van der Waals surface area contributed by atoms with Crippen LogP contribution in [-0.2, 0) is 6.54 Å². The Morgan fingerprint density at radius 1 is 0.872 bits per heavy atom. The zero-order valence-corrected chi connectivity index (χ0v) is 25.0. The molecule has 6 heteroatoms. The number of anilines is 1. The summed E-state index contributed by atoms with van der Waals surface area (Å²) in [6.45, 7) is 5.79. The third-order valence-corrected chi connectivity index (χ3v) is 7.84. The lowest BCUT2D eigenvalue weighted by Crippen LogP contribution is -2.30. The van der Waals surface area contributed by atoms with Crippen molar-refractivity contribution < 1.29 is 18.8 Å². The normalized spacial score (nSPS) is 10.9. The first-order valence-electron chi connectivity index (χ1n) is 14.7. The van der Waals surface area contributed by atoms with Gasteiger partial charge in [-0.3, -0.25) is 4.79 Å². The Bertz CT molecular complexity index is 1110. The molecule has 0 unspecified atom stereocenters. The van der Waals surface area contributed by atoms with E-state index in [1.807, 2.05) is 12.1 Å². The van der Waals surface area contributed by atoms with E-state index in [1.165, 1.54) is 74.6 Å². The lowest BCUT2D eigenvalue weighted by Gasteiger charge is -2.13. The molecule has 1 N–H and O–H groups in total. The highest BCUT2D eigenvalue weighted by Crippen LogP contribution is 2.26. The predicted octanol–water partition coefficient (Wildman–Crippen LogP) is 8.73. The van der Waals surface area contributed by atoms with Crippen LogP contribution in [-0.4, -0.2) is 19.6 Å². The van der Waals surface area contributed by atoms with Gasteiger partial charge in [-0.25, -0.2) is 0 Å². The second kappa shape index (κ2) is 17.7. The van der Waals surface area contributed by atoms with E-state index < -0.39 is 0 Å². The van der Waals surface area contributed by atoms with Crippen LogP contribution < -0.4 is 19.4 Å². The number of aromatic nitrogens is 1. The maximum Gasteiger partial charge on any atom is 0.259 e. The molecule has 3 aromatic rings. The van der Waals surface area contributed by atoms with E-state index in [1.54, 1.807) is 36.6 Å². The van der Waals surface area contributed by atoms with Crippen LogP contribution in [0.25, 0.3) is 0 Å². The van der Waals surface area contributed by atoms with Gasteiger partial charge in [0.1, 0.15) is 11.5 Å². The van der Waals surface area contributed by atoms with Gasteiger partial charge < -0.3 is 14.8 Å². The third-order valence-electron chi connectivity index (χ3n) is 6.99. The molecule has 1 aromatic heterocycles. The van der Waals surface area contributed by atoms with Crippen LogP contribution in [0.3, 0.4) is 0 Å². The summed E-state index contributed by atoms with van der Waals surface area (Å²) in [7, 11) is 1.63. The second-order valence-corrected chi connectivity index (χ2v) is 11.5. The number of benzene rings is 2. The van der Waals surface area contributed by atoms with Crippen molar-refractivity contribution in [3.05, 3.63) is 70.2 Å². The van der Waals surface area contributed by atoms with Gasteiger partial charge in [0.05, 0.1) is 24.2 Å². The quantitative estimate of drug-likeness (QED) is 0.120. The lowest BCUT2D eigenvalue weighted by molar-refractivity contribution is -0.683. The van der Waals surface area contributed by atoms with Crippen molar-refractivity contribution in [2.45, 2.75) is 97.4 Å². The molecule has 0 fully saturated rings. The van der Waals surface area contributed by atoms with Crippen LogP contribution in [0.5, 0.6) is 11.5 Å². The van der Waals surface area contributed by atoms with Crippen LogP contribution in [0.2, 0.25) is 0 Å². The Hall–Kier alpha value is -2.86. The number of hydrogen-bond donors (Lipinski definition) is 1. The standard InChI is InChI=1S/C33H46N2O3S/c1-4-5-6-7-8-9-10-11-12-13-14-15-22-38-32-23-30(37-3)20-21-31(32)33(36)34-29-18-16-28(17-19-29)25-35-24-27(2)39-26-35/h16-21,23-24,26H,4-15,22,25H2,1-3H3/p+1. The number of carbonyl (C=O) groups is 1. The smallest absolute Gasteiger partial charge is 0.259 e. The molecule has 0 saturated heterocycles. The van der Waals surface area contributed by atoms with Crippen LogP contribution in [0.15, 0.2) is 54.2 Å². The molecular weight excluding hydrogens is 504 g/mol. The number of hydrogen-bond acceptors (Lipinski definition) is 4. The third kappa shape index (κ3) is 11.4. The average molecular weight is 552 g/mol. The zero-order valence-electron chi connectivity index (χ0n) is 24.2. The fraction of sp³-hybridized carbons (Fsp3) is 0.515. The Kier molecular flexibility index (Phi) is 13.9. The number of aryl methyl sites for hydroxylation is 1. The van der Waals surface area contributed by atoms with Gasteiger partial charge in [-0.15, -0.1) is 0 Å². The van der Waals surface area contributed by atoms with Gasteiger partial charge in [-0.1, -0.05) is 101 Å². The molecule has 3 rings (SSSR count). The van der Waals surface area contributed by atoms with Gasteiger partial charge in [-0.05, 0) is 37.6 Å². The van der Waals surface area contributed by atoms with Gasteiger partial charge in [0.2, 0.25) is 5.51 Å². The number of thiazole rings is 1. The van der Waals surface area contributed by atoms with E-state index >= 15 is 0 Å². The Balaban J connectivity index is 1.40. The Morgan fingerprint density at radius 2 is 1.51 bits per heavy atom. The van der Waals surface area contributed by atoms with Gasteiger partial charge in [0, 0.05) is 17.3 Å². The summed E-state index contributed by atoms with van der Waals surface area (Å²) < 4.78 is 13.6. The molecule has 0 spiro atoms. The molecule has 2 aromatic carbocycles. The summed E-state index contributed by atoms with van der Waals surface area (Å²) in [5, 5.41) is 3.02. The fourth-order valence-electron chi connectivity index (χ4n) is 4.69.